The normalized spacial score (nSPS) is 16.3. The smallest absolute Gasteiger partial charge is 0.190 e. The average Bonchev–Trinajstić information content (AvgIpc) is 3.37. The number of benzene rings is 2. The number of hydrogen-bond acceptors (Lipinski definition) is 3. The Balaban J connectivity index is 1.56. The molecule has 0 amide bonds. The number of nitrogens with one attached hydrogen (secondary N) is 1. The maximum atomic E-state index is 13.4. The molecule has 4 rings (SSSR count). The monoisotopic (exact) mass is 395 g/mol. The molecule has 6 heteroatoms. The van der Waals surface area contributed by atoms with E-state index in [1.54, 1.807) is 23.5 Å². The highest BCUT2D eigenvalue weighted by atomic mass is 32.1. The highest BCUT2D eigenvalue weighted by molar-refractivity contribution is 7.80. The Morgan fingerprint density at radius 2 is 1.89 bits per heavy atom. The predicted octanol–water partition coefficient (Wildman–Crippen LogP) is 5.11. The van der Waals surface area contributed by atoms with E-state index in [1.807, 2.05) is 34.7 Å². The zero-order chi connectivity index (χ0) is 18.6. The van der Waals surface area contributed by atoms with Crippen molar-refractivity contribution < 1.29 is 4.39 Å². The Kier molecular flexibility index (Phi) is 5.27. The molecule has 0 saturated heterocycles. The Labute approximate surface area is 167 Å². The van der Waals surface area contributed by atoms with Gasteiger partial charge in [-0.3, -0.25) is 0 Å². The van der Waals surface area contributed by atoms with Gasteiger partial charge in [-0.15, -0.1) is 11.3 Å². The first-order valence-electron chi connectivity index (χ1n) is 8.68. The van der Waals surface area contributed by atoms with Gasteiger partial charge in [0.15, 0.2) is 5.11 Å². The third-order valence-electron chi connectivity index (χ3n) is 4.47. The number of thiophene rings is 1. The largest absolute Gasteiger partial charge is 0.357 e. The van der Waals surface area contributed by atoms with Crippen LogP contribution in [0.5, 0.6) is 0 Å². The second-order valence-electron chi connectivity index (χ2n) is 6.28. The molecule has 0 spiro atoms. The minimum Gasteiger partial charge on any atom is -0.357 e. The van der Waals surface area contributed by atoms with Crippen LogP contribution in [0.4, 0.5) is 4.39 Å². The fourth-order valence-corrected chi connectivity index (χ4v) is 4.05. The Morgan fingerprint density at radius 3 is 2.59 bits per heavy atom. The standard InChI is InChI=1S/C21H18FN3S2/c22-17-10-8-16(9-11-17)19-13-18(20-7-4-12-27-20)24-25(19)21(26)23-14-15-5-2-1-3-6-15/h1-12,19H,13-14H2,(H,23,26)/t19-/m1/s1. The molecule has 27 heavy (non-hydrogen) atoms. The lowest BCUT2D eigenvalue weighted by atomic mass is 10.0. The van der Waals surface area contributed by atoms with Crippen LogP contribution in [0.1, 0.15) is 28.5 Å². The summed E-state index contributed by atoms with van der Waals surface area (Å²) in [6.45, 7) is 0.635. The predicted molar refractivity (Wildman–Crippen MR) is 112 cm³/mol. The molecule has 1 atom stereocenters. The van der Waals surface area contributed by atoms with Gasteiger partial charge in [0.05, 0.1) is 16.6 Å². The highest BCUT2D eigenvalue weighted by Crippen LogP contribution is 2.33. The summed E-state index contributed by atoms with van der Waals surface area (Å²) in [6, 6.07) is 20.7. The Hall–Kier alpha value is -2.57. The van der Waals surface area contributed by atoms with Crippen molar-refractivity contribution in [1.29, 1.82) is 0 Å². The molecule has 3 nitrogen and oxygen atoms in total. The molecule has 0 fully saturated rings. The summed E-state index contributed by atoms with van der Waals surface area (Å²) in [5, 5.41) is 12.5. The van der Waals surface area contributed by atoms with Crippen LogP contribution >= 0.6 is 23.6 Å². The number of nitrogens with zero attached hydrogens (tertiary/aromatic N) is 2. The lowest BCUT2D eigenvalue weighted by Gasteiger charge is -2.25. The lowest BCUT2D eigenvalue weighted by molar-refractivity contribution is 0.363. The molecule has 1 aromatic heterocycles. The van der Waals surface area contributed by atoms with Gasteiger partial charge in [-0.2, -0.15) is 5.10 Å². The number of halogens is 1. The molecule has 1 aliphatic rings. The first kappa shape index (κ1) is 17.8. The van der Waals surface area contributed by atoms with E-state index < -0.39 is 0 Å². The van der Waals surface area contributed by atoms with E-state index in [0.29, 0.717) is 11.7 Å². The van der Waals surface area contributed by atoms with Gasteiger partial charge < -0.3 is 5.32 Å². The second kappa shape index (κ2) is 7.98. The average molecular weight is 396 g/mol. The molecule has 0 unspecified atom stereocenters. The summed E-state index contributed by atoms with van der Waals surface area (Å²) < 4.78 is 13.4. The van der Waals surface area contributed by atoms with Crippen LogP contribution < -0.4 is 5.32 Å². The van der Waals surface area contributed by atoms with Gasteiger partial charge in [-0.05, 0) is 46.9 Å². The van der Waals surface area contributed by atoms with E-state index in [4.69, 9.17) is 17.3 Å². The summed E-state index contributed by atoms with van der Waals surface area (Å²) >= 11 is 7.30. The van der Waals surface area contributed by atoms with E-state index in [0.717, 1.165) is 28.1 Å². The van der Waals surface area contributed by atoms with Gasteiger partial charge in [0, 0.05) is 13.0 Å². The summed E-state index contributed by atoms with van der Waals surface area (Å²) in [6.07, 6.45) is 0.735. The van der Waals surface area contributed by atoms with Gasteiger partial charge in [-0.25, -0.2) is 9.40 Å². The minimum absolute atomic E-state index is 0.0431. The van der Waals surface area contributed by atoms with Gasteiger partial charge in [0.25, 0.3) is 0 Å². The summed E-state index contributed by atoms with van der Waals surface area (Å²) in [5.41, 5.74) is 3.15. The third-order valence-corrected chi connectivity index (χ3v) is 5.72. The number of thiocarbonyl (C=S) groups is 1. The molecule has 1 aliphatic heterocycles. The molecule has 3 aromatic rings. The number of rotatable bonds is 4. The Morgan fingerprint density at radius 1 is 1.11 bits per heavy atom. The molecule has 0 aliphatic carbocycles. The van der Waals surface area contributed by atoms with Gasteiger partial charge in [-0.1, -0.05) is 48.5 Å². The summed E-state index contributed by atoms with van der Waals surface area (Å²) in [4.78, 5) is 1.13. The van der Waals surface area contributed by atoms with E-state index >= 15 is 0 Å². The van der Waals surface area contributed by atoms with Gasteiger partial charge in [0.2, 0.25) is 0 Å². The molecule has 136 valence electrons. The number of hydrogen-bond donors (Lipinski definition) is 1. The van der Waals surface area contributed by atoms with E-state index in [1.165, 1.54) is 12.1 Å². The van der Waals surface area contributed by atoms with Crippen LogP contribution in [0.15, 0.2) is 77.2 Å². The highest BCUT2D eigenvalue weighted by Gasteiger charge is 2.31. The molecular weight excluding hydrogens is 377 g/mol. The molecule has 2 heterocycles. The van der Waals surface area contributed by atoms with Crippen LogP contribution in [0, 0.1) is 5.82 Å². The number of hydrazone groups is 1. The van der Waals surface area contributed by atoms with Crippen molar-refractivity contribution in [2.45, 2.75) is 19.0 Å². The SMILES string of the molecule is Fc1ccc([C@H]2CC(c3cccs3)=NN2C(=S)NCc2ccccc2)cc1. The van der Waals surface area contributed by atoms with Crippen molar-refractivity contribution in [3.8, 4) is 0 Å². The fourth-order valence-electron chi connectivity index (χ4n) is 3.09. The van der Waals surface area contributed by atoms with Crippen LogP contribution in [0.25, 0.3) is 0 Å². The maximum Gasteiger partial charge on any atom is 0.190 e. The first-order valence-corrected chi connectivity index (χ1v) is 9.97. The van der Waals surface area contributed by atoms with Crippen LogP contribution in [0.2, 0.25) is 0 Å². The van der Waals surface area contributed by atoms with Gasteiger partial charge in [0.1, 0.15) is 5.82 Å². The minimum atomic E-state index is -0.243. The van der Waals surface area contributed by atoms with Crippen LogP contribution in [0.3, 0.4) is 0 Å². The molecule has 0 radical (unpaired) electrons. The lowest BCUT2D eigenvalue weighted by Crippen LogP contribution is -2.36. The van der Waals surface area contributed by atoms with Crippen LogP contribution in [-0.4, -0.2) is 15.8 Å². The summed E-state index contributed by atoms with van der Waals surface area (Å²) in [7, 11) is 0. The van der Waals surface area contributed by atoms with Crippen molar-refractivity contribution in [2.24, 2.45) is 5.10 Å². The molecule has 2 aromatic carbocycles. The van der Waals surface area contributed by atoms with Crippen molar-refractivity contribution in [1.82, 2.24) is 10.3 Å². The van der Waals surface area contributed by atoms with Crippen LogP contribution in [-0.2, 0) is 6.54 Å². The van der Waals surface area contributed by atoms with Crippen molar-refractivity contribution >= 4 is 34.4 Å². The second-order valence-corrected chi connectivity index (χ2v) is 7.62. The summed E-state index contributed by atoms with van der Waals surface area (Å²) in [5.74, 6) is -0.243. The van der Waals surface area contributed by atoms with Crippen molar-refractivity contribution in [2.75, 3.05) is 0 Å². The third kappa shape index (κ3) is 4.07. The van der Waals surface area contributed by atoms with E-state index in [9.17, 15) is 4.39 Å². The zero-order valence-corrected chi connectivity index (χ0v) is 16.1. The Bertz CT molecular complexity index is 937. The van der Waals surface area contributed by atoms with E-state index in [-0.39, 0.29) is 11.9 Å². The topological polar surface area (TPSA) is 27.6 Å². The first-order chi connectivity index (χ1) is 13.2. The molecular formula is C21H18FN3S2. The fraction of sp³-hybridized carbons (Fsp3) is 0.143. The molecule has 0 bridgehead atoms. The van der Waals surface area contributed by atoms with Crippen molar-refractivity contribution in [3.63, 3.8) is 0 Å². The van der Waals surface area contributed by atoms with Crippen molar-refractivity contribution in [3.05, 3.63) is 93.9 Å². The molecule has 0 saturated carbocycles. The zero-order valence-electron chi connectivity index (χ0n) is 14.5. The molecule has 1 N–H and O–H groups in total. The maximum absolute atomic E-state index is 13.4. The van der Waals surface area contributed by atoms with Gasteiger partial charge >= 0.3 is 0 Å². The quantitative estimate of drug-likeness (QED) is 0.622. The van der Waals surface area contributed by atoms with E-state index in [2.05, 4.69) is 23.5 Å².